The fourth-order valence-electron chi connectivity index (χ4n) is 2.99. The zero-order valence-electron chi connectivity index (χ0n) is 17.5. The minimum atomic E-state index is -4.37. The van der Waals surface area contributed by atoms with E-state index in [9.17, 15) is 13.2 Å². The molecule has 4 aromatic rings. The number of aromatic nitrogens is 4. The van der Waals surface area contributed by atoms with Gasteiger partial charge in [-0.3, -0.25) is 0 Å². The van der Waals surface area contributed by atoms with Gasteiger partial charge in [0.2, 0.25) is 5.16 Å². The van der Waals surface area contributed by atoms with Crippen LogP contribution in [0.25, 0.3) is 22.0 Å². The van der Waals surface area contributed by atoms with Gasteiger partial charge in [-0.2, -0.15) is 13.2 Å². The Morgan fingerprint density at radius 1 is 1.06 bits per heavy atom. The number of benzene rings is 2. The summed E-state index contributed by atoms with van der Waals surface area (Å²) in [6.45, 7) is 0. The largest absolute Gasteiger partial charge is 0.497 e. The van der Waals surface area contributed by atoms with Crippen molar-refractivity contribution >= 4 is 23.1 Å². The summed E-state index contributed by atoms with van der Waals surface area (Å²) >= 11 is 2.70. The number of rotatable bonds is 7. The van der Waals surface area contributed by atoms with E-state index >= 15 is 0 Å². The van der Waals surface area contributed by atoms with Crippen LogP contribution in [0.2, 0.25) is 0 Å². The summed E-state index contributed by atoms with van der Waals surface area (Å²) in [5.74, 6) is 8.30. The topological polar surface area (TPSA) is 88.1 Å². The predicted octanol–water partition coefficient (Wildman–Crippen LogP) is 5.11. The Balaban J connectivity index is 1.47. The predicted molar refractivity (Wildman–Crippen MR) is 121 cm³/mol. The van der Waals surface area contributed by atoms with Crippen molar-refractivity contribution in [1.29, 1.82) is 0 Å². The number of hydrogen-bond donors (Lipinski definition) is 1. The van der Waals surface area contributed by atoms with Crippen molar-refractivity contribution in [2.75, 3.05) is 20.1 Å². The van der Waals surface area contributed by atoms with Crippen LogP contribution < -0.4 is 15.3 Å². The van der Waals surface area contributed by atoms with Crippen LogP contribution in [0.5, 0.6) is 11.5 Å². The van der Waals surface area contributed by atoms with E-state index < -0.39 is 11.7 Å². The quantitative estimate of drug-likeness (QED) is 0.283. The molecule has 7 nitrogen and oxygen atoms in total. The third-order valence-electron chi connectivity index (χ3n) is 4.67. The van der Waals surface area contributed by atoms with Gasteiger partial charge in [0.25, 0.3) is 0 Å². The zero-order chi connectivity index (χ0) is 23.6. The van der Waals surface area contributed by atoms with Gasteiger partial charge < -0.3 is 15.3 Å². The lowest BCUT2D eigenvalue weighted by atomic mass is 10.1. The van der Waals surface area contributed by atoms with E-state index in [0.29, 0.717) is 44.4 Å². The van der Waals surface area contributed by atoms with Crippen LogP contribution in [0.3, 0.4) is 0 Å². The van der Waals surface area contributed by atoms with Crippen LogP contribution in [0.1, 0.15) is 11.3 Å². The minimum absolute atomic E-state index is 0.431. The second-order valence-corrected chi connectivity index (χ2v) is 8.55. The van der Waals surface area contributed by atoms with Gasteiger partial charge in [-0.15, -0.1) is 21.5 Å². The van der Waals surface area contributed by atoms with E-state index in [-0.39, 0.29) is 0 Å². The molecule has 2 aromatic heterocycles. The van der Waals surface area contributed by atoms with Crippen molar-refractivity contribution in [3.8, 4) is 33.5 Å². The third kappa shape index (κ3) is 4.91. The van der Waals surface area contributed by atoms with Gasteiger partial charge in [-0.05, 0) is 24.3 Å². The van der Waals surface area contributed by atoms with Gasteiger partial charge in [0.15, 0.2) is 5.82 Å². The summed E-state index contributed by atoms with van der Waals surface area (Å²) in [4.78, 5) is 4.51. The van der Waals surface area contributed by atoms with Crippen molar-refractivity contribution in [3.63, 3.8) is 0 Å². The van der Waals surface area contributed by atoms with Crippen LogP contribution >= 0.6 is 23.1 Å². The molecular weight excluding hydrogens is 475 g/mol. The number of alkyl halides is 3. The van der Waals surface area contributed by atoms with E-state index in [1.165, 1.54) is 39.9 Å². The molecule has 2 heterocycles. The zero-order valence-corrected chi connectivity index (χ0v) is 19.1. The van der Waals surface area contributed by atoms with E-state index in [2.05, 4.69) is 15.2 Å². The Hall–Kier alpha value is -3.25. The number of thioether (sulfide) groups is 1. The molecular formula is C21H18F3N5O2S2. The first kappa shape index (κ1) is 22.9. The van der Waals surface area contributed by atoms with Gasteiger partial charge in [0, 0.05) is 22.8 Å². The Morgan fingerprint density at radius 3 is 2.48 bits per heavy atom. The SMILES string of the molecule is COc1ccc(-c2nnc(SCc3csc(-c4ccc(C(F)(F)F)cc4)n3)n2N)c(OC)c1. The van der Waals surface area contributed by atoms with Crippen molar-refractivity contribution in [1.82, 2.24) is 19.9 Å². The number of hydrogen-bond acceptors (Lipinski definition) is 8. The fourth-order valence-corrected chi connectivity index (χ4v) is 4.67. The molecule has 0 radical (unpaired) electrons. The first-order chi connectivity index (χ1) is 15.8. The second kappa shape index (κ2) is 9.32. The standard InChI is InChI=1S/C21H18F3N5O2S2/c1-30-15-7-8-16(17(9-15)31-2)18-27-28-20(29(18)25)33-11-14-10-32-19(26-14)12-3-5-13(6-4-12)21(22,23)24/h3-10H,11,25H2,1-2H3. The summed E-state index contributed by atoms with van der Waals surface area (Å²) < 4.78 is 50.3. The lowest BCUT2D eigenvalue weighted by molar-refractivity contribution is -0.137. The highest BCUT2D eigenvalue weighted by Crippen LogP contribution is 2.35. The van der Waals surface area contributed by atoms with Crippen molar-refractivity contribution < 1.29 is 22.6 Å². The average molecular weight is 494 g/mol. The third-order valence-corrected chi connectivity index (χ3v) is 6.59. The molecule has 0 aliphatic heterocycles. The molecule has 0 aliphatic rings. The molecule has 0 amide bonds. The van der Waals surface area contributed by atoms with Gasteiger partial charge in [0.1, 0.15) is 16.5 Å². The smallest absolute Gasteiger partial charge is 0.416 e. The maximum Gasteiger partial charge on any atom is 0.416 e. The number of nitrogen functional groups attached to an aromatic ring is 1. The van der Waals surface area contributed by atoms with E-state index in [1.54, 1.807) is 32.4 Å². The van der Waals surface area contributed by atoms with E-state index in [0.717, 1.165) is 17.8 Å². The summed E-state index contributed by atoms with van der Waals surface area (Å²) in [7, 11) is 3.11. The molecule has 0 spiro atoms. The number of halogens is 3. The molecule has 2 aromatic carbocycles. The number of methoxy groups -OCH3 is 2. The summed E-state index contributed by atoms with van der Waals surface area (Å²) in [5, 5.41) is 11.3. The molecule has 33 heavy (non-hydrogen) atoms. The number of nitrogens with zero attached hydrogens (tertiary/aromatic N) is 4. The second-order valence-electron chi connectivity index (χ2n) is 6.75. The Morgan fingerprint density at radius 2 is 1.82 bits per heavy atom. The molecule has 0 fully saturated rings. The van der Waals surface area contributed by atoms with Gasteiger partial charge >= 0.3 is 6.18 Å². The normalized spacial score (nSPS) is 11.5. The minimum Gasteiger partial charge on any atom is -0.497 e. The highest BCUT2D eigenvalue weighted by molar-refractivity contribution is 7.98. The van der Waals surface area contributed by atoms with Crippen LogP contribution in [0.4, 0.5) is 13.2 Å². The van der Waals surface area contributed by atoms with Crippen molar-refractivity contribution in [2.24, 2.45) is 0 Å². The Kier molecular flexibility index (Phi) is 6.47. The summed E-state index contributed by atoms with van der Waals surface area (Å²) in [6.07, 6.45) is -4.37. The lowest BCUT2D eigenvalue weighted by Crippen LogP contribution is -2.12. The van der Waals surface area contributed by atoms with Crippen LogP contribution in [0.15, 0.2) is 53.0 Å². The molecule has 0 atom stereocenters. The number of nitrogens with two attached hydrogens (primary N) is 1. The highest BCUT2D eigenvalue weighted by atomic mass is 32.2. The maximum atomic E-state index is 12.8. The molecule has 12 heteroatoms. The lowest BCUT2D eigenvalue weighted by Gasteiger charge is -2.10. The Bertz CT molecular complexity index is 1260. The molecule has 4 rings (SSSR count). The molecule has 0 aliphatic carbocycles. The monoisotopic (exact) mass is 493 g/mol. The van der Waals surface area contributed by atoms with Crippen molar-refractivity contribution in [2.45, 2.75) is 17.1 Å². The fraction of sp³-hybridized carbons (Fsp3) is 0.190. The highest BCUT2D eigenvalue weighted by Gasteiger charge is 2.30. The summed E-state index contributed by atoms with van der Waals surface area (Å²) in [5.41, 5.74) is 1.36. The van der Waals surface area contributed by atoms with Gasteiger partial charge in [-0.25, -0.2) is 9.66 Å². The number of thiazole rings is 1. The molecule has 2 N–H and O–H groups in total. The first-order valence-corrected chi connectivity index (χ1v) is 11.3. The molecule has 0 saturated carbocycles. The van der Waals surface area contributed by atoms with Crippen LogP contribution in [-0.2, 0) is 11.9 Å². The van der Waals surface area contributed by atoms with Crippen LogP contribution in [0, 0.1) is 0 Å². The number of ether oxygens (including phenoxy) is 2. The van der Waals surface area contributed by atoms with E-state index in [4.69, 9.17) is 15.3 Å². The summed E-state index contributed by atoms with van der Waals surface area (Å²) in [6, 6.07) is 10.2. The molecule has 0 saturated heterocycles. The first-order valence-electron chi connectivity index (χ1n) is 9.48. The van der Waals surface area contributed by atoms with Gasteiger partial charge in [0.05, 0.1) is 31.0 Å². The maximum absolute atomic E-state index is 12.8. The molecule has 0 unspecified atom stereocenters. The molecule has 0 bridgehead atoms. The van der Waals surface area contributed by atoms with Gasteiger partial charge in [-0.1, -0.05) is 23.9 Å². The average Bonchev–Trinajstić information content (AvgIpc) is 3.43. The molecule has 172 valence electrons. The van der Waals surface area contributed by atoms with E-state index in [1.807, 2.05) is 5.38 Å². The van der Waals surface area contributed by atoms with Crippen molar-refractivity contribution in [3.05, 3.63) is 59.1 Å². The Labute approximate surface area is 195 Å². The van der Waals surface area contributed by atoms with Crippen LogP contribution in [-0.4, -0.2) is 34.1 Å².